The Morgan fingerprint density at radius 1 is 0.913 bits per heavy atom. The molecule has 3 N–H and O–H groups in total. The van der Waals surface area contributed by atoms with E-state index >= 15 is 0 Å². The van der Waals surface area contributed by atoms with Gasteiger partial charge in [0.1, 0.15) is 5.69 Å². The lowest BCUT2D eigenvalue weighted by Gasteiger charge is -2.31. The van der Waals surface area contributed by atoms with Crippen LogP contribution in [0.25, 0.3) is 27.2 Å². The SMILES string of the molecule is CN(C1CC1)C(c1cccc(NC(=O)c2cc(C(F)(F)F)nn2-c2cccc(CN)c2)c1)c1cc2ccccc2c2ccccc12. The van der Waals surface area contributed by atoms with Gasteiger partial charge in [0.15, 0.2) is 5.69 Å². The normalized spacial score (nSPS) is 14.2. The molecule has 0 aliphatic heterocycles. The van der Waals surface area contributed by atoms with Crippen LogP contribution in [0.3, 0.4) is 0 Å². The number of rotatable bonds is 8. The Hall–Kier alpha value is -4.99. The molecule has 1 fully saturated rings. The van der Waals surface area contributed by atoms with Crippen LogP contribution in [-0.2, 0) is 12.7 Å². The van der Waals surface area contributed by atoms with Crippen molar-refractivity contribution in [3.05, 3.63) is 137 Å². The Balaban J connectivity index is 1.29. The van der Waals surface area contributed by atoms with Gasteiger partial charge in [0, 0.05) is 24.3 Å². The molecule has 7 rings (SSSR count). The van der Waals surface area contributed by atoms with Crippen molar-refractivity contribution < 1.29 is 18.0 Å². The Morgan fingerprint density at radius 2 is 1.63 bits per heavy atom. The lowest BCUT2D eigenvalue weighted by molar-refractivity contribution is -0.141. The maximum Gasteiger partial charge on any atom is 0.435 e. The second-order valence-electron chi connectivity index (χ2n) is 11.8. The van der Waals surface area contributed by atoms with Crippen molar-refractivity contribution in [3.63, 3.8) is 0 Å². The highest BCUT2D eigenvalue weighted by Crippen LogP contribution is 2.42. The Morgan fingerprint density at radius 3 is 2.37 bits per heavy atom. The van der Waals surface area contributed by atoms with E-state index in [1.54, 1.807) is 30.3 Å². The van der Waals surface area contributed by atoms with Gasteiger partial charge >= 0.3 is 6.18 Å². The largest absolute Gasteiger partial charge is 0.435 e. The van der Waals surface area contributed by atoms with Crippen molar-refractivity contribution in [1.29, 1.82) is 0 Å². The highest BCUT2D eigenvalue weighted by molar-refractivity contribution is 6.09. The van der Waals surface area contributed by atoms with Gasteiger partial charge in [-0.15, -0.1) is 0 Å². The summed E-state index contributed by atoms with van der Waals surface area (Å²) in [5.74, 6) is -0.707. The number of nitrogens with one attached hydrogen (secondary N) is 1. The fraction of sp³-hybridized carbons (Fsp3) is 0.189. The number of aromatic nitrogens is 2. The van der Waals surface area contributed by atoms with Crippen LogP contribution in [0.5, 0.6) is 0 Å². The first-order valence-electron chi connectivity index (χ1n) is 15.2. The Labute approximate surface area is 264 Å². The monoisotopic (exact) mass is 619 g/mol. The number of benzene rings is 5. The van der Waals surface area contributed by atoms with Crippen molar-refractivity contribution >= 4 is 33.1 Å². The van der Waals surface area contributed by atoms with Crippen LogP contribution in [0.4, 0.5) is 18.9 Å². The van der Waals surface area contributed by atoms with E-state index in [1.165, 1.54) is 10.8 Å². The fourth-order valence-corrected chi connectivity index (χ4v) is 6.31. The van der Waals surface area contributed by atoms with Crippen molar-refractivity contribution in [3.8, 4) is 5.69 Å². The summed E-state index contributed by atoms with van der Waals surface area (Å²) in [6.07, 6.45) is -2.52. The number of amides is 1. The third-order valence-corrected chi connectivity index (χ3v) is 8.71. The van der Waals surface area contributed by atoms with Crippen LogP contribution in [0.15, 0.2) is 109 Å². The topological polar surface area (TPSA) is 76.2 Å². The van der Waals surface area contributed by atoms with Crippen molar-refractivity contribution in [2.45, 2.75) is 37.6 Å². The predicted octanol–water partition coefficient (Wildman–Crippen LogP) is 8.09. The number of hydrogen-bond donors (Lipinski definition) is 2. The standard InChI is InChI=1S/C37H32F3N5O/c1-44(27-16-17-27)35(32-20-24-9-2-3-13-29(24)30-14-4-5-15-31(30)32)25-10-7-11-26(19-25)42-36(46)33-21-34(37(38,39)40)43-45(33)28-12-6-8-23(18-28)22-41/h2-15,18-21,27,35H,16-17,22,41H2,1H3,(H,42,46). The molecule has 46 heavy (non-hydrogen) atoms. The molecule has 232 valence electrons. The van der Waals surface area contributed by atoms with Gasteiger partial charge in [-0.1, -0.05) is 72.8 Å². The molecular formula is C37H32F3N5O. The third kappa shape index (κ3) is 5.63. The van der Waals surface area contributed by atoms with Crippen LogP contribution in [0.1, 0.15) is 51.8 Å². The van der Waals surface area contributed by atoms with Crippen LogP contribution >= 0.6 is 0 Å². The van der Waals surface area contributed by atoms with Gasteiger partial charge in [0.2, 0.25) is 0 Å². The summed E-state index contributed by atoms with van der Waals surface area (Å²) in [4.78, 5) is 16.0. The zero-order chi connectivity index (χ0) is 32.0. The number of anilines is 1. The van der Waals surface area contributed by atoms with Gasteiger partial charge in [-0.3, -0.25) is 9.69 Å². The van der Waals surface area contributed by atoms with Gasteiger partial charge in [-0.05, 0) is 88.5 Å². The van der Waals surface area contributed by atoms with E-state index in [2.05, 4.69) is 58.8 Å². The number of alkyl halides is 3. The van der Waals surface area contributed by atoms with E-state index in [0.29, 0.717) is 23.0 Å². The lowest BCUT2D eigenvalue weighted by Crippen LogP contribution is -2.28. The first-order chi connectivity index (χ1) is 22.2. The van der Waals surface area contributed by atoms with E-state index in [0.717, 1.165) is 45.5 Å². The molecule has 6 nitrogen and oxygen atoms in total. The number of nitrogens with two attached hydrogens (primary N) is 1. The highest BCUT2D eigenvalue weighted by atomic mass is 19.4. The summed E-state index contributed by atoms with van der Waals surface area (Å²) in [7, 11) is 2.13. The molecule has 1 amide bonds. The van der Waals surface area contributed by atoms with E-state index in [4.69, 9.17) is 5.73 Å². The molecular weight excluding hydrogens is 587 g/mol. The summed E-state index contributed by atoms with van der Waals surface area (Å²) < 4.78 is 42.3. The Bertz CT molecular complexity index is 2080. The maximum absolute atomic E-state index is 13.8. The molecule has 1 unspecified atom stereocenters. The number of halogens is 3. The van der Waals surface area contributed by atoms with Gasteiger partial charge in [-0.2, -0.15) is 18.3 Å². The second-order valence-corrected chi connectivity index (χ2v) is 11.8. The summed E-state index contributed by atoms with van der Waals surface area (Å²) >= 11 is 0. The zero-order valence-electron chi connectivity index (χ0n) is 25.1. The van der Waals surface area contributed by atoms with Gasteiger partial charge in [0.05, 0.1) is 11.7 Å². The van der Waals surface area contributed by atoms with Crippen molar-refractivity contribution in [1.82, 2.24) is 14.7 Å². The maximum atomic E-state index is 13.8. The molecule has 1 saturated carbocycles. The molecule has 6 aromatic rings. The smallest absolute Gasteiger partial charge is 0.326 e. The minimum Gasteiger partial charge on any atom is -0.326 e. The van der Waals surface area contributed by atoms with E-state index in [9.17, 15) is 18.0 Å². The molecule has 0 saturated heterocycles. The highest BCUT2D eigenvalue weighted by Gasteiger charge is 2.37. The van der Waals surface area contributed by atoms with Crippen LogP contribution in [0, 0.1) is 0 Å². The third-order valence-electron chi connectivity index (χ3n) is 8.71. The molecule has 1 atom stereocenters. The number of hydrogen-bond acceptors (Lipinski definition) is 4. The molecule has 0 bridgehead atoms. The molecule has 0 radical (unpaired) electrons. The van der Waals surface area contributed by atoms with Gasteiger partial charge in [0.25, 0.3) is 5.91 Å². The summed E-state index contributed by atoms with van der Waals surface area (Å²) in [6.45, 7) is 0.193. The summed E-state index contributed by atoms with van der Waals surface area (Å²) in [6, 6.07) is 34.3. The molecule has 1 aromatic heterocycles. The van der Waals surface area contributed by atoms with Gasteiger partial charge in [-0.25, -0.2) is 4.68 Å². The van der Waals surface area contributed by atoms with Crippen LogP contribution < -0.4 is 11.1 Å². The molecule has 0 spiro atoms. The van der Waals surface area contributed by atoms with E-state index < -0.39 is 17.8 Å². The van der Waals surface area contributed by atoms with E-state index in [-0.39, 0.29) is 18.3 Å². The number of fused-ring (bicyclic) bond motifs is 3. The van der Waals surface area contributed by atoms with Crippen molar-refractivity contribution in [2.75, 3.05) is 12.4 Å². The first kappa shape index (κ1) is 29.7. The molecule has 1 aliphatic rings. The van der Waals surface area contributed by atoms with Gasteiger partial charge < -0.3 is 11.1 Å². The fourth-order valence-electron chi connectivity index (χ4n) is 6.31. The average molecular weight is 620 g/mol. The Kier molecular flexibility index (Phi) is 7.58. The number of carbonyl (C=O) groups is 1. The zero-order valence-corrected chi connectivity index (χ0v) is 25.1. The molecule has 1 aliphatic carbocycles. The van der Waals surface area contributed by atoms with Crippen molar-refractivity contribution in [2.24, 2.45) is 5.73 Å². The molecule has 9 heteroatoms. The first-order valence-corrected chi connectivity index (χ1v) is 15.2. The lowest BCUT2D eigenvalue weighted by atomic mass is 9.89. The molecule has 1 heterocycles. The quantitative estimate of drug-likeness (QED) is 0.169. The number of nitrogens with zero attached hydrogens (tertiary/aromatic N) is 3. The minimum atomic E-state index is -4.73. The predicted molar refractivity (Wildman–Crippen MR) is 175 cm³/mol. The summed E-state index contributed by atoms with van der Waals surface area (Å²) in [5.41, 5.74) is 7.97. The minimum absolute atomic E-state index is 0.125. The summed E-state index contributed by atoms with van der Waals surface area (Å²) in [5, 5.41) is 11.3. The second kappa shape index (κ2) is 11.7. The van der Waals surface area contributed by atoms with E-state index in [1.807, 2.05) is 36.4 Å². The molecule has 5 aromatic carbocycles. The average Bonchev–Trinajstić information content (AvgIpc) is 3.81. The van der Waals surface area contributed by atoms with Crippen LogP contribution in [-0.4, -0.2) is 33.7 Å². The van der Waals surface area contributed by atoms with Crippen LogP contribution in [0.2, 0.25) is 0 Å². The number of carbonyl (C=O) groups excluding carboxylic acids is 1.